The standard InChI is InChI=1S/C11H18F3N5O/c1-7-8(15)3-2-4-19(7)10-16-9(17-18-10)5-20-6-11(12,13)14/h7-8H,2-6,15H2,1H3,(H,16,17,18). The third kappa shape index (κ3) is 3.83. The molecular formula is C11H18F3N5O. The third-order valence-corrected chi connectivity index (χ3v) is 3.33. The highest BCUT2D eigenvalue weighted by Crippen LogP contribution is 2.21. The minimum absolute atomic E-state index is 0.0483. The molecule has 9 heteroatoms. The van der Waals surface area contributed by atoms with Gasteiger partial charge in [-0.15, -0.1) is 5.10 Å². The average molecular weight is 293 g/mol. The quantitative estimate of drug-likeness (QED) is 0.872. The van der Waals surface area contributed by atoms with Crippen LogP contribution in [0, 0.1) is 0 Å². The SMILES string of the molecule is CC1C(N)CCCN1c1n[nH]c(COCC(F)(F)F)n1. The predicted molar refractivity (Wildman–Crippen MR) is 66.1 cm³/mol. The Bertz CT molecular complexity index is 436. The summed E-state index contributed by atoms with van der Waals surface area (Å²) in [7, 11) is 0. The zero-order valence-corrected chi connectivity index (χ0v) is 11.2. The van der Waals surface area contributed by atoms with Crippen LogP contribution in [0.3, 0.4) is 0 Å². The number of nitrogens with two attached hydrogens (primary N) is 1. The topological polar surface area (TPSA) is 80.1 Å². The Hall–Kier alpha value is -1.35. The monoisotopic (exact) mass is 293 g/mol. The Balaban J connectivity index is 1.91. The number of aromatic amines is 1. The van der Waals surface area contributed by atoms with E-state index < -0.39 is 12.8 Å². The van der Waals surface area contributed by atoms with Gasteiger partial charge in [0.1, 0.15) is 13.2 Å². The zero-order valence-electron chi connectivity index (χ0n) is 11.2. The highest BCUT2D eigenvalue weighted by molar-refractivity contribution is 5.32. The van der Waals surface area contributed by atoms with E-state index in [9.17, 15) is 13.2 Å². The van der Waals surface area contributed by atoms with Gasteiger partial charge < -0.3 is 15.4 Å². The van der Waals surface area contributed by atoms with Gasteiger partial charge in [0.2, 0.25) is 5.95 Å². The normalized spacial score (nSPS) is 24.1. The maximum atomic E-state index is 12.0. The van der Waals surface area contributed by atoms with Crippen molar-refractivity contribution < 1.29 is 17.9 Å². The lowest BCUT2D eigenvalue weighted by atomic mass is 9.99. The van der Waals surface area contributed by atoms with Crippen LogP contribution >= 0.6 is 0 Å². The van der Waals surface area contributed by atoms with E-state index >= 15 is 0 Å². The molecule has 0 spiro atoms. The van der Waals surface area contributed by atoms with Crippen LogP contribution in [0.15, 0.2) is 0 Å². The molecule has 2 rings (SSSR count). The van der Waals surface area contributed by atoms with Gasteiger partial charge in [-0.2, -0.15) is 18.2 Å². The maximum Gasteiger partial charge on any atom is 0.411 e. The summed E-state index contributed by atoms with van der Waals surface area (Å²) in [5, 5.41) is 6.60. The number of anilines is 1. The molecule has 2 heterocycles. The molecule has 114 valence electrons. The van der Waals surface area contributed by atoms with Crippen molar-refractivity contribution in [1.82, 2.24) is 15.2 Å². The molecule has 1 fully saturated rings. The summed E-state index contributed by atoms with van der Waals surface area (Å²) < 4.78 is 40.4. The fourth-order valence-electron chi connectivity index (χ4n) is 2.20. The van der Waals surface area contributed by atoms with E-state index in [-0.39, 0.29) is 24.5 Å². The van der Waals surface area contributed by atoms with E-state index in [1.807, 2.05) is 11.8 Å². The van der Waals surface area contributed by atoms with Crippen molar-refractivity contribution in [2.75, 3.05) is 18.1 Å². The summed E-state index contributed by atoms with van der Waals surface area (Å²) in [4.78, 5) is 6.11. The second kappa shape index (κ2) is 5.96. The number of hydrogen-bond donors (Lipinski definition) is 2. The van der Waals surface area contributed by atoms with Crippen LogP contribution in [0.5, 0.6) is 0 Å². The number of hydrogen-bond acceptors (Lipinski definition) is 5. The molecule has 0 bridgehead atoms. The third-order valence-electron chi connectivity index (χ3n) is 3.33. The fourth-order valence-corrected chi connectivity index (χ4v) is 2.20. The van der Waals surface area contributed by atoms with Crippen LogP contribution in [0.1, 0.15) is 25.6 Å². The first-order chi connectivity index (χ1) is 9.37. The van der Waals surface area contributed by atoms with Crippen molar-refractivity contribution in [2.24, 2.45) is 5.73 Å². The fraction of sp³-hybridized carbons (Fsp3) is 0.818. The van der Waals surface area contributed by atoms with E-state index in [0.29, 0.717) is 5.95 Å². The Morgan fingerprint density at radius 3 is 2.95 bits per heavy atom. The number of H-pyrrole nitrogens is 1. The highest BCUT2D eigenvalue weighted by Gasteiger charge is 2.29. The number of nitrogens with one attached hydrogen (secondary N) is 1. The number of ether oxygens (including phenoxy) is 1. The molecule has 0 saturated carbocycles. The molecule has 1 aromatic rings. The van der Waals surface area contributed by atoms with Crippen molar-refractivity contribution in [3.8, 4) is 0 Å². The van der Waals surface area contributed by atoms with E-state index in [0.717, 1.165) is 19.4 Å². The molecule has 0 aromatic carbocycles. The van der Waals surface area contributed by atoms with Gasteiger partial charge in [-0.25, -0.2) is 0 Å². The lowest BCUT2D eigenvalue weighted by Crippen LogP contribution is -2.51. The number of alkyl halides is 3. The number of halogens is 3. The number of rotatable bonds is 4. The first-order valence-corrected chi connectivity index (χ1v) is 6.45. The Labute approximate surface area is 114 Å². The van der Waals surface area contributed by atoms with Crippen molar-refractivity contribution in [3.63, 3.8) is 0 Å². The molecule has 3 N–H and O–H groups in total. The smallest absolute Gasteiger partial charge is 0.364 e. The highest BCUT2D eigenvalue weighted by atomic mass is 19.4. The van der Waals surface area contributed by atoms with Gasteiger partial charge in [-0.1, -0.05) is 0 Å². The van der Waals surface area contributed by atoms with Crippen molar-refractivity contribution in [2.45, 2.75) is 44.6 Å². The molecule has 6 nitrogen and oxygen atoms in total. The van der Waals surface area contributed by atoms with Gasteiger partial charge >= 0.3 is 6.18 Å². The number of nitrogens with zero attached hydrogens (tertiary/aromatic N) is 3. The van der Waals surface area contributed by atoms with Gasteiger partial charge in [0.15, 0.2) is 5.82 Å². The van der Waals surface area contributed by atoms with Gasteiger partial charge in [-0.3, -0.25) is 5.10 Å². The minimum Gasteiger partial charge on any atom is -0.364 e. The van der Waals surface area contributed by atoms with E-state index in [1.54, 1.807) is 0 Å². The van der Waals surface area contributed by atoms with Gasteiger partial charge in [0.25, 0.3) is 0 Å². The van der Waals surface area contributed by atoms with Crippen LogP contribution in [-0.2, 0) is 11.3 Å². The Kier molecular flexibility index (Phi) is 4.48. The van der Waals surface area contributed by atoms with Crippen molar-refractivity contribution >= 4 is 5.95 Å². The van der Waals surface area contributed by atoms with Crippen LogP contribution in [-0.4, -0.2) is 46.6 Å². The Morgan fingerprint density at radius 2 is 2.25 bits per heavy atom. The summed E-state index contributed by atoms with van der Waals surface area (Å²) >= 11 is 0. The van der Waals surface area contributed by atoms with Gasteiger partial charge in [-0.05, 0) is 19.8 Å². The largest absolute Gasteiger partial charge is 0.411 e. The van der Waals surface area contributed by atoms with E-state index in [4.69, 9.17) is 5.73 Å². The summed E-state index contributed by atoms with van der Waals surface area (Å²) in [5.41, 5.74) is 5.98. The van der Waals surface area contributed by atoms with Gasteiger partial charge in [0, 0.05) is 18.6 Å². The van der Waals surface area contributed by atoms with Crippen LogP contribution in [0.25, 0.3) is 0 Å². The van der Waals surface area contributed by atoms with Crippen molar-refractivity contribution in [1.29, 1.82) is 0 Å². The number of piperidine rings is 1. The summed E-state index contributed by atoms with van der Waals surface area (Å²) in [6.45, 7) is 1.23. The molecule has 1 aromatic heterocycles. The summed E-state index contributed by atoms with van der Waals surface area (Å²) in [6, 6.07) is 0.149. The molecular weight excluding hydrogens is 275 g/mol. The molecule has 1 saturated heterocycles. The maximum absolute atomic E-state index is 12.0. The molecule has 1 aliphatic heterocycles. The predicted octanol–water partition coefficient (Wildman–Crippen LogP) is 1.20. The molecule has 0 aliphatic carbocycles. The summed E-state index contributed by atoms with van der Waals surface area (Å²) in [5.74, 6) is 0.730. The lowest BCUT2D eigenvalue weighted by molar-refractivity contribution is -0.177. The first-order valence-electron chi connectivity index (χ1n) is 6.45. The zero-order chi connectivity index (χ0) is 14.8. The van der Waals surface area contributed by atoms with Crippen LogP contribution in [0.4, 0.5) is 19.1 Å². The number of aromatic nitrogens is 3. The minimum atomic E-state index is -4.34. The Morgan fingerprint density at radius 1 is 1.50 bits per heavy atom. The molecule has 2 unspecified atom stereocenters. The second-order valence-corrected chi connectivity index (χ2v) is 4.93. The van der Waals surface area contributed by atoms with E-state index in [1.165, 1.54) is 0 Å². The summed E-state index contributed by atoms with van der Waals surface area (Å²) in [6.07, 6.45) is -2.44. The average Bonchev–Trinajstić information content (AvgIpc) is 2.79. The van der Waals surface area contributed by atoms with Crippen LogP contribution in [0.2, 0.25) is 0 Å². The van der Waals surface area contributed by atoms with Crippen LogP contribution < -0.4 is 10.6 Å². The molecule has 0 amide bonds. The lowest BCUT2D eigenvalue weighted by Gasteiger charge is -2.36. The van der Waals surface area contributed by atoms with Crippen molar-refractivity contribution in [3.05, 3.63) is 5.82 Å². The second-order valence-electron chi connectivity index (χ2n) is 4.93. The molecule has 20 heavy (non-hydrogen) atoms. The first kappa shape index (κ1) is 15.0. The van der Waals surface area contributed by atoms with E-state index in [2.05, 4.69) is 19.9 Å². The molecule has 1 aliphatic rings. The van der Waals surface area contributed by atoms with Gasteiger partial charge in [0.05, 0.1) is 0 Å². The molecule has 2 atom stereocenters. The molecule has 0 radical (unpaired) electrons.